The van der Waals surface area contributed by atoms with Crippen molar-refractivity contribution in [3.8, 4) is 0 Å². The molecule has 0 aliphatic heterocycles. The molecule has 12 heavy (non-hydrogen) atoms. The molecule has 0 heterocycles. The summed E-state index contributed by atoms with van der Waals surface area (Å²) in [6.45, 7) is 10.5. The van der Waals surface area contributed by atoms with Gasteiger partial charge in [0.2, 0.25) is 0 Å². The van der Waals surface area contributed by atoms with Crippen molar-refractivity contribution in [3.05, 3.63) is 23.3 Å². The van der Waals surface area contributed by atoms with Gasteiger partial charge in [0.15, 0.2) is 0 Å². The van der Waals surface area contributed by atoms with Gasteiger partial charge in [-0.3, -0.25) is 0 Å². The third-order valence-electron chi connectivity index (χ3n) is 2.08. The van der Waals surface area contributed by atoms with Crippen LogP contribution >= 0.6 is 11.6 Å². The molecule has 0 saturated carbocycles. The van der Waals surface area contributed by atoms with Crippen LogP contribution in [-0.2, 0) is 0 Å². The molecule has 0 aromatic carbocycles. The Morgan fingerprint density at radius 3 is 2.50 bits per heavy atom. The quantitative estimate of drug-likeness (QED) is 0.555. The highest BCUT2D eigenvalue weighted by atomic mass is 35.5. The Balaban J connectivity index is 4.04. The molecule has 70 valence electrons. The normalized spacial score (nSPS) is 14.5. The average molecular weight is 187 g/mol. The fourth-order valence-corrected chi connectivity index (χ4v) is 1.25. The van der Waals surface area contributed by atoms with Crippen molar-refractivity contribution in [2.75, 3.05) is 0 Å². The monoisotopic (exact) mass is 186 g/mol. The van der Waals surface area contributed by atoms with Crippen molar-refractivity contribution in [3.63, 3.8) is 0 Å². The minimum absolute atomic E-state index is 0.551. The SMILES string of the molecule is C=C(/C=C(/Cl)CCC)C(C)CC. The summed E-state index contributed by atoms with van der Waals surface area (Å²) in [4.78, 5) is 0. The summed E-state index contributed by atoms with van der Waals surface area (Å²) < 4.78 is 0. The van der Waals surface area contributed by atoms with Gasteiger partial charge in [-0.1, -0.05) is 50.9 Å². The summed E-state index contributed by atoms with van der Waals surface area (Å²) in [5, 5.41) is 0.933. The highest BCUT2D eigenvalue weighted by Crippen LogP contribution is 2.19. The van der Waals surface area contributed by atoms with Gasteiger partial charge in [0.25, 0.3) is 0 Å². The number of hydrogen-bond acceptors (Lipinski definition) is 0. The Labute approximate surface area is 81.3 Å². The Morgan fingerprint density at radius 2 is 2.08 bits per heavy atom. The van der Waals surface area contributed by atoms with Crippen LogP contribution in [0.15, 0.2) is 23.3 Å². The van der Waals surface area contributed by atoms with E-state index >= 15 is 0 Å². The van der Waals surface area contributed by atoms with Gasteiger partial charge in [0.05, 0.1) is 0 Å². The van der Waals surface area contributed by atoms with Crippen LogP contribution in [0.5, 0.6) is 0 Å². The zero-order valence-corrected chi connectivity index (χ0v) is 9.12. The van der Waals surface area contributed by atoms with Crippen LogP contribution in [0.1, 0.15) is 40.0 Å². The molecular formula is C11H19Cl. The summed E-state index contributed by atoms with van der Waals surface area (Å²) in [7, 11) is 0. The van der Waals surface area contributed by atoms with Crippen molar-refractivity contribution >= 4 is 11.6 Å². The smallest absolute Gasteiger partial charge is 0.0183 e. The van der Waals surface area contributed by atoms with Gasteiger partial charge in [-0.2, -0.15) is 0 Å². The standard InChI is InChI=1S/C11H19Cl/c1-5-7-11(12)8-10(4)9(3)6-2/h8-9H,4-7H2,1-3H3/b11-8+. The molecular weight excluding hydrogens is 168 g/mol. The van der Waals surface area contributed by atoms with E-state index in [1.54, 1.807) is 0 Å². The van der Waals surface area contributed by atoms with Gasteiger partial charge in [-0.25, -0.2) is 0 Å². The van der Waals surface area contributed by atoms with E-state index in [9.17, 15) is 0 Å². The highest BCUT2D eigenvalue weighted by molar-refractivity contribution is 6.29. The summed E-state index contributed by atoms with van der Waals surface area (Å²) in [5.74, 6) is 0.551. The second-order valence-corrected chi connectivity index (χ2v) is 3.71. The second kappa shape index (κ2) is 6.30. The van der Waals surface area contributed by atoms with E-state index in [2.05, 4.69) is 27.4 Å². The predicted octanol–water partition coefficient (Wildman–Crippen LogP) is 4.51. The molecule has 0 aromatic rings. The molecule has 1 unspecified atom stereocenters. The predicted molar refractivity (Wildman–Crippen MR) is 57.4 cm³/mol. The van der Waals surface area contributed by atoms with Gasteiger partial charge in [-0.05, 0) is 24.8 Å². The molecule has 0 spiro atoms. The fraction of sp³-hybridized carbons (Fsp3) is 0.636. The first-order valence-electron chi connectivity index (χ1n) is 4.66. The average Bonchev–Trinajstić information content (AvgIpc) is 2.03. The Morgan fingerprint density at radius 1 is 1.50 bits per heavy atom. The third kappa shape index (κ3) is 4.61. The number of allylic oxidation sites excluding steroid dienone is 3. The van der Waals surface area contributed by atoms with Gasteiger partial charge in [0.1, 0.15) is 0 Å². The molecule has 0 aliphatic carbocycles. The minimum atomic E-state index is 0.551. The molecule has 0 aliphatic rings. The topological polar surface area (TPSA) is 0 Å². The van der Waals surface area contributed by atoms with E-state index in [1.807, 2.05) is 6.08 Å². The van der Waals surface area contributed by atoms with Crippen molar-refractivity contribution in [1.82, 2.24) is 0 Å². The lowest BCUT2D eigenvalue weighted by molar-refractivity contribution is 0.671. The summed E-state index contributed by atoms with van der Waals surface area (Å²) in [6.07, 6.45) is 5.21. The second-order valence-electron chi connectivity index (χ2n) is 3.23. The number of rotatable bonds is 5. The lowest BCUT2D eigenvalue weighted by Gasteiger charge is -2.08. The van der Waals surface area contributed by atoms with Crippen molar-refractivity contribution in [2.24, 2.45) is 5.92 Å². The van der Waals surface area contributed by atoms with Crippen LogP contribution < -0.4 is 0 Å². The van der Waals surface area contributed by atoms with Crippen LogP contribution in [0, 0.1) is 5.92 Å². The summed E-state index contributed by atoms with van der Waals surface area (Å²) in [6, 6.07) is 0. The maximum absolute atomic E-state index is 5.98. The van der Waals surface area contributed by atoms with Crippen LogP contribution in [0.2, 0.25) is 0 Å². The maximum atomic E-state index is 5.98. The van der Waals surface area contributed by atoms with Crippen LogP contribution in [0.3, 0.4) is 0 Å². The lowest BCUT2D eigenvalue weighted by atomic mass is 9.99. The molecule has 0 saturated heterocycles. The van der Waals surface area contributed by atoms with E-state index in [-0.39, 0.29) is 0 Å². The molecule has 0 bridgehead atoms. The fourth-order valence-electron chi connectivity index (χ4n) is 0.917. The van der Waals surface area contributed by atoms with Crippen molar-refractivity contribution < 1.29 is 0 Å². The zero-order valence-electron chi connectivity index (χ0n) is 8.36. The number of halogens is 1. The molecule has 0 rings (SSSR count). The maximum Gasteiger partial charge on any atom is 0.0183 e. The molecule has 0 N–H and O–H groups in total. The Hall–Kier alpha value is -0.230. The summed E-state index contributed by atoms with van der Waals surface area (Å²) >= 11 is 5.98. The van der Waals surface area contributed by atoms with E-state index < -0.39 is 0 Å². The minimum Gasteiger partial charge on any atom is -0.0955 e. The third-order valence-corrected chi connectivity index (χ3v) is 2.37. The van der Waals surface area contributed by atoms with Gasteiger partial charge < -0.3 is 0 Å². The van der Waals surface area contributed by atoms with Gasteiger partial charge in [0, 0.05) is 5.03 Å². The van der Waals surface area contributed by atoms with Crippen LogP contribution in [0.25, 0.3) is 0 Å². The molecule has 1 heteroatoms. The Bertz CT molecular complexity index is 168. The van der Waals surface area contributed by atoms with Crippen LogP contribution in [-0.4, -0.2) is 0 Å². The molecule has 0 aromatic heterocycles. The van der Waals surface area contributed by atoms with E-state index in [1.165, 1.54) is 0 Å². The van der Waals surface area contributed by atoms with Gasteiger partial charge >= 0.3 is 0 Å². The van der Waals surface area contributed by atoms with Gasteiger partial charge in [-0.15, -0.1) is 0 Å². The highest BCUT2D eigenvalue weighted by Gasteiger charge is 2.01. The number of hydrogen-bond donors (Lipinski definition) is 0. The van der Waals surface area contributed by atoms with Crippen molar-refractivity contribution in [1.29, 1.82) is 0 Å². The molecule has 1 atom stereocenters. The first-order valence-corrected chi connectivity index (χ1v) is 5.04. The zero-order chi connectivity index (χ0) is 9.56. The molecule has 0 amide bonds. The largest absolute Gasteiger partial charge is 0.0955 e. The molecule has 0 radical (unpaired) electrons. The van der Waals surface area contributed by atoms with E-state index in [0.717, 1.165) is 29.9 Å². The van der Waals surface area contributed by atoms with E-state index in [0.29, 0.717) is 5.92 Å². The van der Waals surface area contributed by atoms with Crippen LogP contribution in [0.4, 0.5) is 0 Å². The molecule has 0 nitrogen and oxygen atoms in total. The van der Waals surface area contributed by atoms with Crippen molar-refractivity contribution in [2.45, 2.75) is 40.0 Å². The Kier molecular flexibility index (Phi) is 6.18. The van der Waals surface area contributed by atoms with E-state index in [4.69, 9.17) is 11.6 Å². The first kappa shape index (κ1) is 11.8. The summed E-state index contributed by atoms with van der Waals surface area (Å²) in [5.41, 5.74) is 1.15. The molecule has 0 fully saturated rings. The lowest BCUT2D eigenvalue weighted by Crippen LogP contribution is -1.93. The first-order chi connectivity index (χ1) is 5.61.